The lowest BCUT2D eigenvalue weighted by atomic mass is 10.1. The number of carboxylic acid groups (broad SMARTS) is 1. The minimum Gasteiger partial charge on any atom is -0.481 e. The largest absolute Gasteiger partial charge is 0.481 e. The summed E-state index contributed by atoms with van der Waals surface area (Å²) in [6.45, 7) is 0. The molecule has 1 aromatic rings. The molecule has 19 heavy (non-hydrogen) atoms. The summed E-state index contributed by atoms with van der Waals surface area (Å²) >= 11 is 0. The van der Waals surface area contributed by atoms with Gasteiger partial charge in [0.1, 0.15) is 0 Å². The van der Waals surface area contributed by atoms with Gasteiger partial charge in [0, 0.05) is 24.2 Å². The molecule has 1 rings (SSSR count). The van der Waals surface area contributed by atoms with E-state index in [0.717, 1.165) is 0 Å². The van der Waals surface area contributed by atoms with E-state index in [1.165, 1.54) is 24.3 Å². The van der Waals surface area contributed by atoms with Crippen LogP contribution in [0.5, 0.6) is 0 Å². The van der Waals surface area contributed by atoms with Crippen molar-refractivity contribution in [1.82, 2.24) is 0 Å². The number of nitro benzene ring substituents is 1. The second-order valence-corrected chi connectivity index (χ2v) is 3.83. The molecule has 0 unspecified atom stereocenters. The zero-order chi connectivity index (χ0) is 14.4. The first-order chi connectivity index (χ1) is 8.90. The van der Waals surface area contributed by atoms with Gasteiger partial charge < -0.3 is 16.2 Å². The number of carboxylic acids is 1. The van der Waals surface area contributed by atoms with E-state index in [0.29, 0.717) is 5.69 Å². The molecule has 0 aliphatic rings. The number of carbonyl (C=O) groups excluding carboxylic acids is 1. The molecule has 1 amide bonds. The zero-order valence-electron chi connectivity index (χ0n) is 9.91. The molecule has 1 atom stereocenters. The summed E-state index contributed by atoms with van der Waals surface area (Å²) in [4.78, 5) is 31.8. The minimum absolute atomic E-state index is 0.0220. The maximum absolute atomic E-state index is 11.6. The lowest BCUT2D eigenvalue weighted by Crippen LogP contribution is -2.36. The van der Waals surface area contributed by atoms with Crippen molar-refractivity contribution < 1.29 is 19.6 Å². The van der Waals surface area contributed by atoms with Crippen LogP contribution in [-0.2, 0) is 9.59 Å². The highest BCUT2D eigenvalue weighted by atomic mass is 16.6. The Morgan fingerprint density at radius 2 is 1.95 bits per heavy atom. The number of anilines is 1. The molecule has 8 nitrogen and oxygen atoms in total. The Balaban J connectivity index is 2.56. The smallest absolute Gasteiger partial charge is 0.303 e. The third-order valence-corrected chi connectivity index (χ3v) is 2.35. The predicted molar refractivity (Wildman–Crippen MR) is 66.6 cm³/mol. The van der Waals surface area contributed by atoms with Crippen molar-refractivity contribution in [2.75, 3.05) is 5.32 Å². The van der Waals surface area contributed by atoms with E-state index in [4.69, 9.17) is 10.8 Å². The lowest BCUT2D eigenvalue weighted by Gasteiger charge is -2.10. The van der Waals surface area contributed by atoms with Crippen molar-refractivity contribution >= 4 is 23.3 Å². The van der Waals surface area contributed by atoms with Gasteiger partial charge in [0.25, 0.3) is 5.69 Å². The Bertz CT molecular complexity index is 486. The van der Waals surface area contributed by atoms with Gasteiger partial charge in [-0.15, -0.1) is 0 Å². The molecule has 0 aliphatic heterocycles. The van der Waals surface area contributed by atoms with Crippen molar-refractivity contribution in [3.63, 3.8) is 0 Å². The molecule has 0 aliphatic carbocycles. The number of hydrogen-bond donors (Lipinski definition) is 3. The van der Waals surface area contributed by atoms with Crippen LogP contribution in [0.15, 0.2) is 24.3 Å². The maximum atomic E-state index is 11.6. The first kappa shape index (κ1) is 14.6. The first-order valence-electron chi connectivity index (χ1n) is 5.43. The summed E-state index contributed by atoms with van der Waals surface area (Å²) in [5.41, 5.74) is 5.78. The Kier molecular flexibility index (Phi) is 4.95. The lowest BCUT2D eigenvalue weighted by molar-refractivity contribution is -0.384. The number of nitrogens with zero attached hydrogens (tertiary/aromatic N) is 1. The van der Waals surface area contributed by atoms with Crippen LogP contribution in [0.1, 0.15) is 12.8 Å². The molecule has 0 saturated carbocycles. The zero-order valence-corrected chi connectivity index (χ0v) is 9.91. The molecule has 1 aromatic carbocycles. The highest BCUT2D eigenvalue weighted by molar-refractivity contribution is 5.94. The van der Waals surface area contributed by atoms with Crippen molar-refractivity contribution in [2.24, 2.45) is 5.73 Å². The van der Waals surface area contributed by atoms with Crippen LogP contribution in [0.4, 0.5) is 11.4 Å². The fourth-order valence-corrected chi connectivity index (χ4v) is 1.31. The van der Waals surface area contributed by atoms with Crippen LogP contribution < -0.4 is 11.1 Å². The van der Waals surface area contributed by atoms with Gasteiger partial charge in [-0.1, -0.05) is 0 Å². The van der Waals surface area contributed by atoms with Crippen LogP contribution in [0.3, 0.4) is 0 Å². The van der Waals surface area contributed by atoms with Crippen LogP contribution in [0.2, 0.25) is 0 Å². The Hall–Kier alpha value is -2.48. The topological polar surface area (TPSA) is 136 Å². The first-order valence-corrected chi connectivity index (χ1v) is 5.43. The highest BCUT2D eigenvalue weighted by Crippen LogP contribution is 2.15. The number of benzene rings is 1. The maximum Gasteiger partial charge on any atom is 0.303 e. The molecule has 0 bridgehead atoms. The molecule has 0 fully saturated rings. The van der Waals surface area contributed by atoms with Crippen molar-refractivity contribution in [1.29, 1.82) is 0 Å². The average molecular weight is 267 g/mol. The van der Waals surface area contributed by atoms with E-state index in [1.807, 2.05) is 0 Å². The summed E-state index contributed by atoms with van der Waals surface area (Å²) in [5, 5.41) is 21.4. The van der Waals surface area contributed by atoms with Crippen LogP contribution >= 0.6 is 0 Å². The number of hydrogen-bond acceptors (Lipinski definition) is 5. The van der Waals surface area contributed by atoms with Gasteiger partial charge in [-0.2, -0.15) is 0 Å². The van der Waals surface area contributed by atoms with Gasteiger partial charge in [0.05, 0.1) is 11.0 Å². The van der Waals surface area contributed by atoms with Gasteiger partial charge in [-0.05, 0) is 18.6 Å². The van der Waals surface area contributed by atoms with E-state index in [2.05, 4.69) is 5.32 Å². The predicted octanol–water partition coefficient (Wildman–Crippen LogP) is 0.725. The van der Waals surface area contributed by atoms with Crippen molar-refractivity contribution in [3.8, 4) is 0 Å². The average Bonchev–Trinajstić information content (AvgIpc) is 2.36. The number of carbonyl (C=O) groups is 2. The van der Waals surface area contributed by atoms with Crippen LogP contribution in [-0.4, -0.2) is 27.9 Å². The van der Waals surface area contributed by atoms with E-state index in [-0.39, 0.29) is 18.5 Å². The van der Waals surface area contributed by atoms with Gasteiger partial charge in [-0.25, -0.2) is 0 Å². The standard InChI is InChI=1S/C11H13N3O5/c12-9(5-6-10(15)16)11(17)13-7-1-3-8(4-2-7)14(18)19/h1-4,9H,5-6,12H2,(H,13,17)(H,15,16)/t9-/m1/s1. The van der Waals surface area contributed by atoms with E-state index in [1.54, 1.807) is 0 Å². The molecular weight excluding hydrogens is 254 g/mol. The van der Waals surface area contributed by atoms with E-state index < -0.39 is 22.8 Å². The van der Waals surface area contributed by atoms with Crippen molar-refractivity contribution in [3.05, 3.63) is 34.4 Å². The summed E-state index contributed by atoms with van der Waals surface area (Å²) in [5.74, 6) is -1.56. The summed E-state index contributed by atoms with van der Waals surface area (Å²) in [6.07, 6.45) is -0.178. The number of aliphatic carboxylic acids is 1. The molecule has 0 radical (unpaired) electrons. The molecule has 0 saturated heterocycles. The van der Waals surface area contributed by atoms with Crippen LogP contribution in [0, 0.1) is 10.1 Å². The molecule has 0 aromatic heterocycles. The van der Waals surface area contributed by atoms with Gasteiger partial charge in [0.2, 0.25) is 5.91 Å². The molecule has 102 valence electrons. The van der Waals surface area contributed by atoms with Gasteiger partial charge in [-0.3, -0.25) is 19.7 Å². The summed E-state index contributed by atoms with van der Waals surface area (Å²) in [6, 6.07) is 4.31. The number of nitrogens with one attached hydrogen (secondary N) is 1. The van der Waals surface area contributed by atoms with Crippen molar-refractivity contribution in [2.45, 2.75) is 18.9 Å². The Morgan fingerprint density at radius 1 is 1.37 bits per heavy atom. The SMILES string of the molecule is N[C@H](CCC(=O)O)C(=O)Nc1ccc([N+](=O)[O-])cc1. The normalized spacial score (nSPS) is 11.6. The highest BCUT2D eigenvalue weighted by Gasteiger charge is 2.15. The molecular formula is C11H13N3O5. The summed E-state index contributed by atoms with van der Waals surface area (Å²) in [7, 11) is 0. The van der Waals surface area contributed by atoms with Crippen LogP contribution in [0.25, 0.3) is 0 Å². The second kappa shape index (κ2) is 6.45. The number of nitrogens with two attached hydrogens (primary N) is 1. The molecule has 8 heteroatoms. The Morgan fingerprint density at radius 3 is 2.42 bits per heavy atom. The van der Waals surface area contributed by atoms with E-state index >= 15 is 0 Å². The minimum atomic E-state index is -1.03. The quantitative estimate of drug-likeness (QED) is 0.513. The molecule has 0 heterocycles. The van der Waals surface area contributed by atoms with Gasteiger partial charge in [0.15, 0.2) is 0 Å². The number of non-ortho nitro benzene ring substituents is 1. The fourth-order valence-electron chi connectivity index (χ4n) is 1.31. The third-order valence-electron chi connectivity index (χ3n) is 2.35. The fraction of sp³-hybridized carbons (Fsp3) is 0.273. The molecule has 0 spiro atoms. The molecule has 4 N–H and O–H groups in total. The Labute approximate surface area is 108 Å². The second-order valence-electron chi connectivity index (χ2n) is 3.83. The number of amides is 1. The third kappa shape index (κ3) is 4.72. The monoisotopic (exact) mass is 267 g/mol. The number of rotatable bonds is 6. The van der Waals surface area contributed by atoms with Gasteiger partial charge >= 0.3 is 5.97 Å². The summed E-state index contributed by atoms with van der Waals surface area (Å²) < 4.78 is 0. The van der Waals surface area contributed by atoms with E-state index in [9.17, 15) is 19.7 Å². The number of nitro groups is 1.